The molecule has 1 aliphatic heterocycles. The van der Waals surface area contributed by atoms with Gasteiger partial charge in [-0.3, -0.25) is 19.5 Å². The first kappa shape index (κ1) is 32.4. The van der Waals surface area contributed by atoms with Gasteiger partial charge in [-0.2, -0.15) is 13.2 Å². The summed E-state index contributed by atoms with van der Waals surface area (Å²) >= 11 is 0. The Kier molecular flexibility index (Phi) is 14.1. The maximum atomic E-state index is 12.6. The lowest BCUT2D eigenvalue weighted by Gasteiger charge is -2.29. The number of alkyl halides is 3. The summed E-state index contributed by atoms with van der Waals surface area (Å²) in [6.45, 7) is 9.21. The summed E-state index contributed by atoms with van der Waals surface area (Å²) in [6.07, 6.45) is 2.49. The van der Waals surface area contributed by atoms with Gasteiger partial charge in [0, 0.05) is 63.5 Å². The fraction of sp³-hybridized carbons (Fsp3) is 0.593. The van der Waals surface area contributed by atoms with Gasteiger partial charge >= 0.3 is 6.18 Å². The van der Waals surface area contributed by atoms with E-state index in [1.54, 1.807) is 11.1 Å². The fourth-order valence-electron chi connectivity index (χ4n) is 3.93. The van der Waals surface area contributed by atoms with Crippen LogP contribution in [0.5, 0.6) is 0 Å². The van der Waals surface area contributed by atoms with Crippen LogP contribution in [0.15, 0.2) is 41.5 Å². The lowest BCUT2D eigenvalue weighted by molar-refractivity contribution is -0.138. The van der Waals surface area contributed by atoms with Crippen LogP contribution in [0.4, 0.5) is 13.2 Å². The van der Waals surface area contributed by atoms with Gasteiger partial charge in [0.25, 0.3) is 5.56 Å². The normalized spacial score (nSPS) is 14.3. The van der Waals surface area contributed by atoms with Crippen molar-refractivity contribution in [3.8, 4) is 0 Å². The molecule has 1 atom stereocenters. The zero-order chi connectivity index (χ0) is 28.7. The maximum Gasteiger partial charge on any atom is 0.416 e. The Balaban J connectivity index is 0.000000274. The van der Waals surface area contributed by atoms with E-state index in [-0.39, 0.29) is 31.4 Å². The van der Waals surface area contributed by atoms with Crippen LogP contribution in [0, 0.1) is 0 Å². The number of nitrogens with one attached hydrogen (secondary N) is 1. The number of rotatable bonds is 14. The van der Waals surface area contributed by atoms with Crippen molar-refractivity contribution in [2.45, 2.75) is 65.1 Å². The van der Waals surface area contributed by atoms with E-state index < -0.39 is 23.2 Å². The number of ether oxygens (including phenoxy) is 2. The summed E-state index contributed by atoms with van der Waals surface area (Å²) in [6, 6.07) is 5.51. The van der Waals surface area contributed by atoms with E-state index in [1.165, 1.54) is 4.57 Å². The standard InChI is InChI=1S/C16H28N2O2.C11H12F3N3O2/c1-3-10-19-11-6-9-18-13-16(4-2)20-14-15-7-5-8-17-12-15;12-11(13,14)7-3-8-5-16(6-9(15)18)1-2-17(8)10(19)4-7/h5,7-8,12,16,18H,3-4,6,9-11,13-14H2,1-2H3;3-4H,1-2,5-6H2,(H2,15,18). The first-order valence-corrected chi connectivity index (χ1v) is 13.2. The van der Waals surface area contributed by atoms with Gasteiger partial charge in [-0.25, -0.2) is 0 Å². The van der Waals surface area contributed by atoms with E-state index in [0.717, 1.165) is 57.2 Å². The number of hydrogen-bond donors (Lipinski definition) is 2. The maximum absolute atomic E-state index is 12.6. The van der Waals surface area contributed by atoms with Crippen molar-refractivity contribution in [2.24, 2.45) is 5.73 Å². The Labute approximate surface area is 227 Å². The third kappa shape index (κ3) is 12.3. The van der Waals surface area contributed by atoms with E-state index in [0.29, 0.717) is 19.2 Å². The molecule has 9 nitrogen and oxygen atoms in total. The third-order valence-electron chi connectivity index (χ3n) is 5.97. The second-order valence-corrected chi connectivity index (χ2v) is 9.27. The molecule has 39 heavy (non-hydrogen) atoms. The first-order valence-electron chi connectivity index (χ1n) is 13.2. The smallest absolute Gasteiger partial charge is 0.381 e. The number of primary amides is 1. The number of fused-ring (bicyclic) bond motifs is 1. The van der Waals surface area contributed by atoms with Gasteiger partial charge in [0.2, 0.25) is 5.91 Å². The van der Waals surface area contributed by atoms with Gasteiger partial charge in [0.05, 0.1) is 24.8 Å². The second-order valence-electron chi connectivity index (χ2n) is 9.27. The predicted molar refractivity (Wildman–Crippen MR) is 142 cm³/mol. The van der Waals surface area contributed by atoms with Gasteiger partial charge in [0.1, 0.15) is 0 Å². The van der Waals surface area contributed by atoms with Gasteiger partial charge in [0.15, 0.2) is 0 Å². The molecule has 12 heteroatoms. The zero-order valence-corrected chi connectivity index (χ0v) is 22.7. The van der Waals surface area contributed by atoms with Crippen LogP contribution in [-0.4, -0.2) is 65.9 Å². The van der Waals surface area contributed by atoms with Crippen molar-refractivity contribution in [3.63, 3.8) is 0 Å². The molecular formula is C27H40F3N5O4. The van der Waals surface area contributed by atoms with Crippen LogP contribution in [-0.2, 0) is 40.1 Å². The number of carbonyl (C=O) groups is 1. The molecular weight excluding hydrogens is 515 g/mol. The molecule has 0 bridgehead atoms. The van der Waals surface area contributed by atoms with Crippen molar-refractivity contribution in [3.05, 3.63) is 63.8 Å². The van der Waals surface area contributed by atoms with Crippen molar-refractivity contribution in [1.82, 2.24) is 19.8 Å². The monoisotopic (exact) mass is 555 g/mol. The molecule has 0 aliphatic carbocycles. The first-order chi connectivity index (χ1) is 18.6. The van der Waals surface area contributed by atoms with E-state index in [9.17, 15) is 22.8 Å². The molecule has 3 N–H and O–H groups in total. The predicted octanol–water partition coefficient (Wildman–Crippen LogP) is 2.95. The van der Waals surface area contributed by atoms with Gasteiger partial charge < -0.3 is 25.1 Å². The van der Waals surface area contributed by atoms with Crippen LogP contribution in [0.3, 0.4) is 0 Å². The molecule has 2 aromatic heterocycles. The molecule has 0 fully saturated rings. The highest BCUT2D eigenvalue weighted by atomic mass is 19.4. The Bertz CT molecular complexity index is 1050. The Morgan fingerprint density at radius 1 is 1.23 bits per heavy atom. The Morgan fingerprint density at radius 3 is 2.67 bits per heavy atom. The number of amides is 1. The summed E-state index contributed by atoms with van der Waals surface area (Å²) in [4.78, 5) is 28.1. The topological polar surface area (TPSA) is 112 Å². The Hall–Kier alpha value is -2.80. The number of nitrogens with two attached hydrogens (primary N) is 1. The minimum absolute atomic E-state index is 0.0373. The minimum Gasteiger partial charge on any atom is -0.381 e. The molecule has 0 saturated carbocycles. The number of aromatic nitrogens is 2. The van der Waals surface area contributed by atoms with Crippen molar-refractivity contribution >= 4 is 5.91 Å². The van der Waals surface area contributed by atoms with Crippen LogP contribution in [0.2, 0.25) is 0 Å². The molecule has 218 valence electrons. The van der Waals surface area contributed by atoms with Gasteiger partial charge in [-0.15, -0.1) is 0 Å². The highest BCUT2D eigenvalue weighted by molar-refractivity contribution is 5.75. The molecule has 3 rings (SSSR count). The summed E-state index contributed by atoms with van der Waals surface area (Å²) in [5, 5.41) is 3.43. The molecule has 2 aromatic rings. The lowest BCUT2D eigenvalue weighted by Crippen LogP contribution is -2.42. The van der Waals surface area contributed by atoms with Crippen molar-refractivity contribution in [2.75, 3.05) is 39.4 Å². The number of hydrogen-bond acceptors (Lipinski definition) is 7. The number of pyridine rings is 2. The van der Waals surface area contributed by atoms with Crippen molar-refractivity contribution in [1.29, 1.82) is 0 Å². The summed E-state index contributed by atoms with van der Waals surface area (Å²) in [5.74, 6) is -0.553. The highest BCUT2D eigenvalue weighted by Gasteiger charge is 2.32. The molecule has 1 unspecified atom stereocenters. The molecule has 1 amide bonds. The fourth-order valence-corrected chi connectivity index (χ4v) is 3.93. The quantitative estimate of drug-likeness (QED) is 0.345. The van der Waals surface area contributed by atoms with Gasteiger partial charge in [-0.1, -0.05) is 19.9 Å². The van der Waals surface area contributed by atoms with Crippen LogP contribution < -0.4 is 16.6 Å². The average Bonchev–Trinajstić information content (AvgIpc) is 2.90. The number of halogens is 3. The molecule has 0 spiro atoms. The van der Waals surface area contributed by atoms with E-state index in [2.05, 4.69) is 24.1 Å². The SMILES string of the molecule is CCCOCCCNCC(CC)OCc1cccnc1.NC(=O)CN1CCn2c(cc(C(F)(F)F)cc2=O)C1. The molecule has 1 aliphatic rings. The zero-order valence-electron chi connectivity index (χ0n) is 22.7. The molecule has 0 aromatic carbocycles. The average molecular weight is 556 g/mol. The summed E-state index contributed by atoms with van der Waals surface area (Å²) in [7, 11) is 0. The van der Waals surface area contributed by atoms with E-state index in [4.69, 9.17) is 15.2 Å². The van der Waals surface area contributed by atoms with E-state index >= 15 is 0 Å². The molecule has 0 saturated heterocycles. The van der Waals surface area contributed by atoms with Crippen LogP contribution in [0.25, 0.3) is 0 Å². The van der Waals surface area contributed by atoms with Crippen LogP contribution >= 0.6 is 0 Å². The Morgan fingerprint density at radius 2 is 2.03 bits per heavy atom. The van der Waals surface area contributed by atoms with Crippen LogP contribution in [0.1, 0.15) is 49.9 Å². The molecule has 3 heterocycles. The second kappa shape index (κ2) is 17.0. The van der Waals surface area contributed by atoms with E-state index in [1.807, 2.05) is 18.3 Å². The van der Waals surface area contributed by atoms with Gasteiger partial charge in [-0.05, 0) is 43.5 Å². The third-order valence-corrected chi connectivity index (χ3v) is 5.97. The number of nitrogens with zero attached hydrogens (tertiary/aromatic N) is 3. The molecule has 0 radical (unpaired) electrons. The summed E-state index contributed by atoms with van der Waals surface area (Å²) < 4.78 is 50.4. The highest BCUT2D eigenvalue weighted by Crippen LogP contribution is 2.29. The van der Waals surface area contributed by atoms with Crippen molar-refractivity contribution < 1.29 is 27.4 Å². The largest absolute Gasteiger partial charge is 0.416 e. The number of carbonyl (C=O) groups excluding carboxylic acids is 1. The minimum atomic E-state index is -4.55. The lowest BCUT2D eigenvalue weighted by atomic mass is 10.1. The summed E-state index contributed by atoms with van der Waals surface area (Å²) in [5.41, 5.74) is 4.76.